The van der Waals surface area contributed by atoms with Crippen LogP contribution in [-0.4, -0.2) is 22.9 Å². The first-order chi connectivity index (χ1) is 11.0. The standard InChI is InChI=1S/C20H28O3/c1-3-23-18-11-15-14(13-5-4-12(21)10-16(13)18)8-9-20(2)17(15)6-7-19(20)22/h4-5,10,14-15,17-19,21-22H,3,6-9,11H2,1-2H3/t14-,15-,17+,18-,19+,20+/m1/s1. The Kier molecular flexibility index (Phi) is 3.69. The number of phenolic OH excluding ortho intramolecular Hbond substituents is 1. The number of benzene rings is 1. The van der Waals surface area contributed by atoms with Gasteiger partial charge in [-0.1, -0.05) is 13.0 Å². The number of aliphatic hydroxyl groups is 1. The van der Waals surface area contributed by atoms with Gasteiger partial charge < -0.3 is 14.9 Å². The highest BCUT2D eigenvalue weighted by Crippen LogP contribution is 2.62. The highest BCUT2D eigenvalue weighted by atomic mass is 16.5. The zero-order chi connectivity index (χ0) is 16.2. The van der Waals surface area contributed by atoms with Crippen LogP contribution in [0.1, 0.15) is 69.1 Å². The lowest BCUT2D eigenvalue weighted by Gasteiger charge is -2.51. The van der Waals surface area contributed by atoms with Crippen LogP contribution in [0.25, 0.3) is 0 Å². The van der Waals surface area contributed by atoms with E-state index < -0.39 is 0 Å². The molecule has 126 valence electrons. The third kappa shape index (κ3) is 2.24. The first kappa shape index (κ1) is 15.5. The second kappa shape index (κ2) is 5.49. The molecule has 3 aliphatic rings. The topological polar surface area (TPSA) is 49.7 Å². The summed E-state index contributed by atoms with van der Waals surface area (Å²) in [7, 11) is 0. The molecule has 0 saturated heterocycles. The van der Waals surface area contributed by atoms with Crippen LogP contribution in [0.3, 0.4) is 0 Å². The molecule has 0 unspecified atom stereocenters. The molecule has 3 nitrogen and oxygen atoms in total. The van der Waals surface area contributed by atoms with Gasteiger partial charge in [0.15, 0.2) is 0 Å². The van der Waals surface area contributed by atoms with Crippen LogP contribution in [0.2, 0.25) is 0 Å². The second-order valence-corrected chi connectivity index (χ2v) is 8.01. The number of aromatic hydroxyl groups is 1. The fourth-order valence-electron chi connectivity index (χ4n) is 5.89. The number of phenols is 1. The average Bonchev–Trinajstić information content (AvgIpc) is 2.83. The Morgan fingerprint density at radius 1 is 1.22 bits per heavy atom. The fraction of sp³-hybridized carbons (Fsp3) is 0.700. The molecule has 0 heterocycles. The summed E-state index contributed by atoms with van der Waals surface area (Å²) in [5.74, 6) is 2.09. The molecular weight excluding hydrogens is 288 g/mol. The van der Waals surface area contributed by atoms with Crippen LogP contribution >= 0.6 is 0 Å². The third-order valence-electron chi connectivity index (χ3n) is 7.06. The van der Waals surface area contributed by atoms with E-state index in [4.69, 9.17) is 4.74 Å². The lowest BCUT2D eigenvalue weighted by Crippen LogP contribution is -2.44. The van der Waals surface area contributed by atoms with Crippen molar-refractivity contribution in [2.45, 2.75) is 64.1 Å². The normalized spacial score (nSPS) is 42.0. The highest BCUT2D eigenvalue weighted by Gasteiger charge is 2.55. The zero-order valence-electron chi connectivity index (χ0n) is 14.2. The first-order valence-corrected chi connectivity index (χ1v) is 9.17. The van der Waals surface area contributed by atoms with E-state index in [9.17, 15) is 10.2 Å². The van der Waals surface area contributed by atoms with Gasteiger partial charge >= 0.3 is 0 Å². The summed E-state index contributed by atoms with van der Waals surface area (Å²) < 4.78 is 6.05. The van der Waals surface area contributed by atoms with Crippen LogP contribution < -0.4 is 0 Å². The Balaban J connectivity index is 1.74. The molecule has 1 aromatic rings. The minimum atomic E-state index is -0.139. The predicted octanol–water partition coefficient (Wildman–Crippen LogP) is 4.14. The van der Waals surface area contributed by atoms with E-state index in [0.717, 1.165) is 32.1 Å². The van der Waals surface area contributed by atoms with Gasteiger partial charge in [-0.2, -0.15) is 0 Å². The molecule has 0 spiro atoms. The van der Waals surface area contributed by atoms with E-state index in [1.807, 2.05) is 19.1 Å². The molecule has 0 aliphatic heterocycles. The van der Waals surface area contributed by atoms with Gasteiger partial charge in [0, 0.05) is 6.61 Å². The molecule has 23 heavy (non-hydrogen) atoms. The van der Waals surface area contributed by atoms with E-state index in [-0.39, 0.29) is 17.6 Å². The van der Waals surface area contributed by atoms with Crippen molar-refractivity contribution in [3.8, 4) is 5.75 Å². The molecule has 2 N–H and O–H groups in total. The Morgan fingerprint density at radius 2 is 2.04 bits per heavy atom. The number of rotatable bonds is 2. The minimum absolute atomic E-state index is 0.0865. The van der Waals surface area contributed by atoms with Crippen LogP contribution in [0.15, 0.2) is 18.2 Å². The van der Waals surface area contributed by atoms with Crippen molar-refractivity contribution in [3.63, 3.8) is 0 Å². The Labute approximate surface area is 138 Å². The van der Waals surface area contributed by atoms with E-state index in [0.29, 0.717) is 30.1 Å². The SMILES string of the molecule is CCO[C@@H]1C[C@@H]2[C@H](CC[C@]3(C)[C@@H](O)CC[C@@H]23)c2ccc(O)cc21. The molecule has 3 aliphatic carbocycles. The van der Waals surface area contributed by atoms with Crippen LogP contribution in [0.4, 0.5) is 0 Å². The van der Waals surface area contributed by atoms with Crippen molar-refractivity contribution in [1.29, 1.82) is 0 Å². The smallest absolute Gasteiger partial charge is 0.115 e. The summed E-state index contributed by atoms with van der Waals surface area (Å²) in [5.41, 5.74) is 2.66. The molecule has 0 aromatic heterocycles. The van der Waals surface area contributed by atoms with E-state index in [1.165, 1.54) is 11.1 Å². The molecule has 2 fully saturated rings. The van der Waals surface area contributed by atoms with Gasteiger partial charge in [-0.15, -0.1) is 0 Å². The summed E-state index contributed by atoms with van der Waals surface area (Å²) in [6, 6.07) is 5.84. The van der Waals surface area contributed by atoms with Crippen molar-refractivity contribution in [1.82, 2.24) is 0 Å². The van der Waals surface area contributed by atoms with Crippen molar-refractivity contribution < 1.29 is 14.9 Å². The molecule has 0 bridgehead atoms. The molecule has 0 amide bonds. The maximum atomic E-state index is 10.5. The van der Waals surface area contributed by atoms with Gasteiger partial charge in [0.25, 0.3) is 0 Å². The van der Waals surface area contributed by atoms with E-state index in [1.54, 1.807) is 0 Å². The predicted molar refractivity (Wildman–Crippen MR) is 89.4 cm³/mol. The highest BCUT2D eigenvalue weighted by molar-refractivity contribution is 5.41. The van der Waals surface area contributed by atoms with E-state index in [2.05, 4.69) is 13.0 Å². The Hall–Kier alpha value is -1.06. The van der Waals surface area contributed by atoms with Crippen molar-refractivity contribution >= 4 is 0 Å². The number of aliphatic hydroxyl groups excluding tert-OH is 1. The number of hydrogen-bond donors (Lipinski definition) is 2. The lowest BCUT2D eigenvalue weighted by atomic mass is 9.55. The van der Waals surface area contributed by atoms with Crippen LogP contribution in [0.5, 0.6) is 5.75 Å². The maximum Gasteiger partial charge on any atom is 0.115 e. The third-order valence-corrected chi connectivity index (χ3v) is 7.06. The Bertz CT molecular complexity index is 599. The Morgan fingerprint density at radius 3 is 2.83 bits per heavy atom. The van der Waals surface area contributed by atoms with E-state index >= 15 is 0 Å². The quantitative estimate of drug-likeness (QED) is 0.862. The van der Waals surface area contributed by atoms with Crippen molar-refractivity contribution in [2.24, 2.45) is 17.3 Å². The second-order valence-electron chi connectivity index (χ2n) is 8.01. The average molecular weight is 316 g/mol. The van der Waals surface area contributed by atoms with Gasteiger partial charge in [-0.25, -0.2) is 0 Å². The molecular formula is C20H28O3. The molecule has 4 rings (SSSR count). The zero-order valence-corrected chi connectivity index (χ0v) is 14.2. The van der Waals surface area contributed by atoms with Crippen LogP contribution in [0, 0.1) is 17.3 Å². The van der Waals surface area contributed by atoms with Gasteiger partial charge in [0.1, 0.15) is 5.75 Å². The molecule has 2 saturated carbocycles. The maximum absolute atomic E-state index is 10.5. The van der Waals surface area contributed by atoms with Crippen molar-refractivity contribution in [3.05, 3.63) is 29.3 Å². The number of ether oxygens (including phenoxy) is 1. The van der Waals surface area contributed by atoms with Gasteiger partial charge in [0.2, 0.25) is 0 Å². The number of hydrogen-bond acceptors (Lipinski definition) is 3. The summed E-state index contributed by atoms with van der Waals surface area (Å²) in [6.07, 6.45) is 5.33. The fourth-order valence-corrected chi connectivity index (χ4v) is 5.89. The molecule has 6 atom stereocenters. The molecule has 3 heteroatoms. The van der Waals surface area contributed by atoms with Gasteiger partial charge in [-0.05, 0) is 85.5 Å². The van der Waals surface area contributed by atoms with Gasteiger partial charge in [-0.3, -0.25) is 0 Å². The van der Waals surface area contributed by atoms with Crippen molar-refractivity contribution in [2.75, 3.05) is 6.61 Å². The lowest BCUT2D eigenvalue weighted by molar-refractivity contribution is -0.0491. The summed E-state index contributed by atoms with van der Waals surface area (Å²) in [4.78, 5) is 0. The molecule has 1 aromatic carbocycles. The number of fused-ring (bicyclic) bond motifs is 5. The van der Waals surface area contributed by atoms with Gasteiger partial charge in [0.05, 0.1) is 12.2 Å². The summed E-state index contributed by atoms with van der Waals surface area (Å²) >= 11 is 0. The summed E-state index contributed by atoms with van der Waals surface area (Å²) in [6.45, 7) is 5.04. The largest absolute Gasteiger partial charge is 0.508 e. The first-order valence-electron chi connectivity index (χ1n) is 9.17. The molecule has 0 radical (unpaired) electrons. The monoisotopic (exact) mass is 316 g/mol. The van der Waals surface area contributed by atoms with Crippen LogP contribution in [-0.2, 0) is 4.74 Å². The summed E-state index contributed by atoms with van der Waals surface area (Å²) in [5, 5.41) is 20.4. The minimum Gasteiger partial charge on any atom is -0.508 e.